The van der Waals surface area contributed by atoms with Crippen LogP contribution < -0.4 is 5.32 Å². The Morgan fingerprint density at radius 3 is 1.91 bits per heavy atom. The maximum absolute atomic E-state index is 12.8. The summed E-state index contributed by atoms with van der Waals surface area (Å²) < 4.78 is 0. The number of nitrogens with one attached hydrogen (secondary N) is 1. The van der Waals surface area contributed by atoms with Gasteiger partial charge in [-0.15, -0.1) is 0 Å². The summed E-state index contributed by atoms with van der Waals surface area (Å²) in [5, 5.41) is 12.3. The molecule has 0 atom stereocenters. The van der Waals surface area contributed by atoms with Crippen molar-refractivity contribution >= 4 is 17.6 Å². The molecule has 0 saturated carbocycles. The average molecular weight is 421 g/mol. The van der Waals surface area contributed by atoms with E-state index in [0.29, 0.717) is 11.3 Å². The molecule has 4 aromatic carbocycles. The van der Waals surface area contributed by atoms with Crippen LogP contribution in [-0.4, -0.2) is 17.0 Å². The van der Waals surface area contributed by atoms with Crippen molar-refractivity contribution in [2.75, 3.05) is 5.32 Å². The molecule has 4 nitrogen and oxygen atoms in total. The Balaban J connectivity index is 1.51. The predicted molar refractivity (Wildman–Crippen MR) is 127 cm³/mol. The van der Waals surface area contributed by atoms with Crippen LogP contribution in [-0.2, 0) is 12.8 Å². The lowest BCUT2D eigenvalue weighted by Crippen LogP contribution is -2.15. The molecular formula is C28H23NO3. The van der Waals surface area contributed by atoms with E-state index >= 15 is 0 Å². The van der Waals surface area contributed by atoms with Crippen molar-refractivity contribution in [2.45, 2.75) is 12.8 Å². The van der Waals surface area contributed by atoms with Crippen LogP contribution in [0.3, 0.4) is 0 Å². The molecule has 2 N–H and O–H groups in total. The highest BCUT2D eigenvalue weighted by Gasteiger charge is 2.15. The second-order valence-corrected chi connectivity index (χ2v) is 7.57. The van der Waals surface area contributed by atoms with Crippen molar-refractivity contribution in [3.8, 4) is 11.1 Å². The third kappa shape index (κ3) is 5.10. The molecule has 0 spiro atoms. The van der Waals surface area contributed by atoms with Gasteiger partial charge in [0.15, 0.2) is 0 Å². The van der Waals surface area contributed by atoms with Gasteiger partial charge in [-0.05, 0) is 59.4 Å². The Labute approximate surface area is 187 Å². The molecule has 1 amide bonds. The molecule has 4 aromatic rings. The van der Waals surface area contributed by atoms with Gasteiger partial charge in [-0.3, -0.25) is 4.79 Å². The second kappa shape index (κ2) is 9.75. The van der Waals surface area contributed by atoms with Crippen molar-refractivity contribution in [3.63, 3.8) is 0 Å². The SMILES string of the molecule is O=C(Nc1cc(CCc2ccccc2)ccc1C(=O)O)c1ccc(-c2ccccc2)cc1. The lowest BCUT2D eigenvalue weighted by atomic mass is 10.0. The Morgan fingerprint density at radius 2 is 1.25 bits per heavy atom. The van der Waals surface area contributed by atoms with Gasteiger partial charge >= 0.3 is 5.97 Å². The highest BCUT2D eigenvalue weighted by molar-refractivity contribution is 6.08. The first kappa shape index (κ1) is 21.1. The molecule has 0 bridgehead atoms. The van der Waals surface area contributed by atoms with Crippen LogP contribution in [0, 0.1) is 0 Å². The van der Waals surface area contributed by atoms with E-state index in [1.54, 1.807) is 30.3 Å². The number of amides is 1. The lowest BCUT2D eigenvalue weighted by Gasteiger charge is -2.12. The van der Waals surface area contributed by atoms with Gasteiger partial charge < -0.3 is 10.4 Å². The first-order valence-electron chi connectivity index (χ1n) is 10.5. The Morgan fingerprint density at radius 1 is 0.656 bits per heavy atom. The smallest absolute Gasteiger partial charge is 0.337 e. The molecule has 4 rings (SSSR count). The zero-order chi connectivity index (χ0) is 22.3. The third-order valence-corrected chi connectivity index (χ3v) is 5.36. The van der Waals surface area contributed by atoms with E-state index in [1.807, 2.05) is 60.7 Å². The molecular weight excluding hydrogens is 398 g/mol. The van der Waals surface area contributed by atoms with Gasteiger partial charge in [-0.25, -0.2) is 4.79 Å². The maximum atomic E-state index is 12.8. The van der Waals surface area contributed by atoms with Crippen molar-refractivity contribution in [1.82, 2.24) is 0 Å². The number of hydrogen-bond acceptors (Lipinski definition) is 2. The molecule has 0 radical (unpaired) electrons. The summed E-state index contributed by atoms with van der Waals surface area (Å²) >= 11 is 0. The number of aryl methyl sites for hydroxylation is 2. The summed E-state index contributed by atoms with van der Waals surface area (Å²) in [5.74, 6) is -1.42. The Hall–Kier alpha value is -4.18. The summed E-state index contributed by atoms with van der Waals surface area (Å²) in [4.78, 5) is 24.5. The summed E-state index contributed by atoms with van der Waals surface area (Å²) in [6.07, 6.45) is 1.58. The largest absolute Gasteiger partial charge is 0.478 e. The molecule has 0 heterocycles. The number of carboxylic acids is 1. The van der Waals surface area contributed by atoms with Crippen LogP contribution in [0.1, 0.15) is 31.8 Å². The Kier molecular flexibility index (Phi) is 6.42. The van der Waals surface area contributed by atoms with Crippen molar-refractivity contribution < 1.29 is 14.7 Å². The Bertz CT molecular complexity index is 1220. The minimum Gasteiger partial charge on any atom is -0.478 e. The number of anilines is 1. The molecule has 0 unspecified atom stereocenters. The fourth-order valence-electron chi connectivity index (χ4n) is 3.61. The van der Waals surface area contributed by atoms with Gasteiger partial charge in [0.1, 0.15) is 0 Å². The molecule has 0 aliphatic carbocycles. The van der Waals surface area contributed by atoms with Gasteiger partial charge in [0.05, 0.1) is 11.3 Å². The first-order chi connectivity index (χ1) is 15.6. The van der Waals surface area contributed by atoms with E-state index in [1.165, 1.54) is 5.56 Å². The topological polar surface area (TPSA) is 66.4 Å². The van der Waals surface area contributed by atoms with Crippen LogP contribution in [0.2, 0.25) is 0 Å². The van der Waals surface area contributed by atoms with Crippen LogP contribution in [0.4, 0.5) is 5.69 Å². The highest BCUT2D eigenvalue weighted by Crippen LogP contribution is 2.22. The quantitative estimate of drug-likeness (QED) is 0.379. The van der Waals surface area contributed by atoms with Gasteiger partial charge in [0.2, 0.25) is 0 Å². The van der Waals surface area contributed by atoms with Crippen molar-refractivity contribution in [3.05, 3.63) is 125 Å². The van der Waals surface area contributed by atoms with Crippen LogP contribution in [0.25, 0.3) is 11.1 Å². The van der Waals surface area contributed by atoms with Crippen LogP contribution >= 0.6 is 0 Å². The van der Waals surface area contributed by atoms with Crippen LogP contribution in [0.15, 0.2) is 103 Å². The van der Waals surface area contributed by atoms with Gasteiger partial charge in [-0.2, -0.15) is 0 Å². The van der Waals surface area contributed by atoms with Crippen molar-refractivity contribution in [2.24, 2.45) is 0 Å². The first-order valence-corrected chi connectivity index (χ1v) is 10.5. The number of hydrogen-bond donors (Lipinski definition) is 2. The van der Waals surface area contributed by atoms with E-state index in [2.05, 4.69) is 17.4 Å². The minimum absolute atomic E-state index is 0.0720. The summed E-state index contributed by atoms with van der Waals surface area (Å²) in [7, 11) is 0. The fourth-order valence-corrected chi connectivity index (χ4v) is 3.61. The normalized spacial score (nSPS) is 10.5. The summed E-state index contributed by atoms with van der Waals surface area (Å²) in [5.41, 5.74) is 5.10. The highest BCUT2D eigenvalue weighted by atomic mass is 16.4. The number of aromatic carboxylic acids is 1. The van der Waals surface area contributed by atoms with Crippen LogP contribution in [0.5, 0.6) is 0 Å². The van der Waals surface area contributed by atoms with Gasteiger partial charge in [-0.1, -0.05) is 78.9 Å². The molecule has 32 heavy (non-hydrogen) atoms. The predicted octanol–water partition coefficient (Wildman–Crippen LogP) is 6.09. The number of carbonyl (C=O) groups is 2. The van der Waals surface area contributed by atoms with Gasteiger partial charge in [0, 0.05) is 5.56 Å². The van der Waals surface area contributed by atoms with E-state index < -0.39 is 5.97 Å². The van der Waals surface area contributed by atoms with E-state index in [4.69, 9.17) is 0 Å². The molecule has 0 aromatic heterocycles. The third-order valence-electron chi connectivity index (χ3n) is 5.36. The van der Waals surface area contributed by atoms with E-state index in [9.17, 15) is 14.7 Å². The fraction of sp³-hybridized carbons (Fsp3) is 0.0714. The maximum Gasteiger partial charge on any atom is 0.337 e. The average Bonchev–Trinajstić information content (AvgIpc) is 2.84. The molecule has 0 aliphatic heterocycles. The second-order valence-electron chi connectivity index (χ2n) is 7.57. The molecule has 0 saturated heterocycles. The number of carbonyl (C=O) groups excluding carboxylic acids is 1. The van der Waals surface area contributed by atoms with Gasteiger partial charge in [0.25, 0.3) is 5.91 Å². The number of rotatable bonds is 7. The standard InChI is InChI=1S/C28H23NO3/c30-27(24-16-14-23(15-17-24)22-9-5-2-6-10-22)29-26-19-21(13-18-25(26)28(31)32)12-11-20-7-3-1-4-8-20/h1-10,13-19H,11-12H2,(H,29,30)(H,31,32). The van der Waals surface area contributed by atoms with E-state index in [0.717, 1.165) is 29.5 Å². The number of benzene rings is 4. The monoisotopic (exact) mass is 421 g/mol. The molecule has 4 heteroatoms. The zero-order valence-corrected chi connectivity index (χ0v) is 17.5. The van der Waals surface area contributed by atoms with Crippen molar-refractivity contribution in [1.29, 1.82) is 0 Å². The zero-order valence-electron chi connectivity index (χ0n) is 17.5. The molecule has 0 fully saturated rings. The number of carboxylic acid groups (broad SMARTS) is 1. The minimum atomic E-state index is -1.07. The molecule has 158 valence electrons. The van der Waals surface area contributed by atoms with E-state index in [-0.39, 0.29) is 11.5 Å². The molecule has 0 aliphatic rings. The summed E-state index contributed by atoms with van der Waals surface area (Å²) in [6.45, 7) is 0. The summed E-state index contributed by atoms with van der Waals surface area (Å²) in [6, 6.07) is 32.4. The lowest BCUT2D eigenvalue weighted by molar-refractivity contribution is 0.0698.